The third-order valence-electron chi connectivity index (χ3n) is 2.46. The summed E-state index contributed by atoms with van der Waals surface area (Å²) in [7, 11) is 0. The fourth-order valence-corrected chi connectivity index (χ4v) is 1.74. The monoisotopic (exact) mass is 302 g/mol. The summed E-state index contributed by atoms with van der Waals surface area (Å²) in [5.74, 6) is -0.480. The van der Waals surface area contributed by atoms with Gasteiger partial charge >= 0.3 is 0 Å². The molecular formula is C12H16BrFN2O. The second-order valence-corrected chi connectivity index (χ2v) is 4.80. The molecule has 0 heterocycles. The van der Waals surface area contributed by atoms with E-state index in [-0.39, 0.29) is 30.7 Å². The fourth-order valence-electron chi connectivity index (χ4n) is 1.33. The number of carbonyl (C=O) groups excluding carboxylic acids is 1. The number of benzene rings is 1. The standard InChI is InChI=1S/C12H16BrFN2O/c1-2-10(15)6-12(17)16-7-8-5-9(13)3-4-11(8)14/h3-5,10H,2,6-7,15H2,1H3,(H,16,17). The van der Waals surface area contributed by atoms with Crippen LogP contribution in [0.4, 0.5) is 4.39 Å². The molecule has 1 atom stereocenters. The Morgan fingerprint density at radius 3 is 2.94 bits per heavy atom. The molecule has 17 heavy (non-hydrogen) atoms. The van der Waals surface area contributed by atoms with Gasteiger partial charge in [-0.2, -0.15) is 0 Å². The lowest BCUT2D eigenvalue weighted by Gasteiger charge is -2.10. The molecule has 0 aliphatic heterocycles. The number of amides is 1. The Morgan fingerprint density at radius 2 is 2.29 bits per heavy atom. The lowest BCUT2D eigenvalue weighted by molar-refractivity contribution is -0.121. The van der Waals surface area contributed by atoms with Crippen molar-refractivity contribution in [2.75, 3.05) is 0 Å². The first kappa shape index (κ1) is 14.1. The van der Waals surface area contributed by atoms with Crippen molar-refractivity contribution in [1.29, 1.82) is 0 Å². The summed E-state index contributed by atoms with van der Waals surface area (Å²) in [6.07, 6.45) is 1.02. The number of hydrogen-bond acceptors (Lipinski definition) is 2. The van der Waals surface area contributed by atoms with E-state index in [0.717, 1.165) is 10.9 Å². The molecular weight excluding hydrogens is 287 g/mol. The quantitative estimate of drug-likeness (QED) is 0.877. The van der Waals surface area contributed by atoms with Crippen molar-refractivity contribution >= 4 is 21.8 Å². The Morgan fingerprint density at radius 1 is 1.59 bits per heavy atom. The molecule has 5 heteroatoms. The van der Waals surface area contributed by atoms with Crippen LogP contribution in [0.1, 0.15) is 25.3 Å². The molecule has 0 aliphatic carbocycles. The van der Waals surface area contributed by atoms with E-state index in [9.17, 15) is 9.18 Å². The van der Waals surface area contributed by atoms with Crippen LogP contribution in [0.5, 0.6) is 0 Å². The van der Waals surface area contributed by atoms with Crippen LogP contribution in [-0.4, -0.2) is 11.9 Å². The van der Waals surface area contributed by atoms with Gasteiger partial charge in [0.2, 0.25) is 5.91 Å². The molecule has 0 saturated heterocycles. The Hall–Kier alpha value is -0.940. The van der Waals surface area contributed by atoms with Crippen LogP contribution in [0.15, 0.2) is 22.7 Å². The average molecular weight is 303 g/mol. The van der Waals surface area contributed by atoms with Gasteiger partial charge in [-0.15, -0.1) is 0 Å². The number of nitrogens with two attached hydrogens (primary N) is 1. The van der Waals surface area contributed by atoms with E-state index in [2.05, 4.69) is 21.2 Å². The summed E-state index contributed by atoms with van der Waals surface area (Å²) in [5.41, 5.74) is 6.11. The van der Waals surface area contributed by atoms with E-state index >= 15 is 0 Å². The van der Waals surface area contributed by atoms with Crippen molar-refractivity contribution in [3.8, 4) is 0 Å². The minimum Gasteiger partial charge on any atom is -0.352 e. The topological polar surface area (TPSA) is 55.1 Å². The van der Waals surface area contributed by atoms with Gasteiger partial charge in [0.25, 0.3) is 0 Å². The molecule has 0 aromatic heterocycles. The summed E-state index contributed by atoms with van der Waals surface area (Å²) in [5, 5.41) is 2.65. The smallest absolute Gasteiger partial charge is 0.221 e. The number of nitrogens with one attached hydrogen (secondary N) is 1. The van der Waals surface area contributed by atoms with Crippen molar-refractivity contribution in [1.82, 2.24) is 5.32 Å². The Balaban J connectivity index is 2.50. The van der Waals surface area contributed by atoms with Gasteiger partial charge in [0.15, 0.2) is 0 Å². The maximum Gasteiger partial charge on any atom is 0.221 e. The number of rotatable bonds is 5. The first-order chi connectivity index (χ1) is 8.02. The van der Waals surface area contributed by atoms with E-state index in [1.165, 1.54) is 6.07 Å². The summed E-state index contributed by atoms with van der Waals surface area (Å²) >= 11 is 3.26. The molecule has 1 unspecified atom stereocenters. The van der Waals surface area contributed by atoms with Gasteiger partial charge in [-0.1, -0.05) is 22.9 Å². The van der Waals surface area contributed by atoms with E-state index in [4.69, 9.17) is 5.73 Å². The highest BCUT2D eigenvalue weighted by Crippen LogP contribution is 2.15. The van der Waals surface area contributed by atoms with E-state index in [0.29, 0.717) is 5.56 Å². The zero-order valence-electron chi connectivity index (χ0n) is 9.67. The molecule has 1 aromatic rings. The van der Waals surface area contributed by atoms with Gasteiger partial charge in [-0.05, 0) is 24.6 Å². The highest BCUT2D eigenvalue weighted by atomic mass is 79.9. The molecule has 0 saturated carbocycles. The van der Waals surface area contributed by atoms with Crippen LogP contribution in [0.3, 0.4) is 0 Å². The van der Waals surface area contributed by atoms with Crippen LogP contribution < -0.4 is 11.1 Å². The van der Waals surface area contributed by atoms with E-state index < -0.39 is 0 Å². The summed E-state index contributed by atoms with van der Waals surface area (Å²) in [6, 6.07) is 4.49. The van der Waals surface area contributed by atoms with Crippen LogP contribution in [0.25, 0.3) is 0 Å². The summed E-state index contributed by atoms with van der Waals surface area (Å²) < 4.78 is 14.1. The molecule has 0 radical (unpaired) electrons. The third-order valence-corrected chi connectivity index (χ3v) is 2.95. The molecule has 0 fully saturated rings. The van der Waals surface area contributed by atoms with Crippen LogP contribution in [-0.2, 0) is 11.3 Å². The summed E-state index contributed by atoms with van der Waals surface area (Å²) in [4.78, 5) is 11.5. The van der Waals surface area contributed by atoms with Crippen molar-refractivity contribution in [3.63, 3.8) is 0 Å². The normalized spacial score (nSPS) is 12.2. The minimum atomic E-state index is -0.326. The van der Waals surface area contributed by atoms with E-state index in [1.54, 1.807) is 12.1 Å². The first-order valence-electron chi connectivity index (χ1n) is 5.49. The van der Waals surface area contributed by atoms with Crippen molar-refractivity contribution in [2.45, 2.75) is 32.4 Å². The maximum absolute atomic E-state index is 13.4. The molecule has 3 N–H and O–H groups in total. The predicted molar refractivity (Wildman–Crippen MR) is 68.8 cm³/mol. The molecule has 1 aromatic carbocycles. The molecule has 94 valence electrons. The largest absolute Gasteiger partial charge is 0.352 e. The van der Waals surface area contributed by atoms with Gasteiger partial charge in [-0.25, -0.2) is 4.39 Å². The Labute approximate surface area is 109 Å². The Kier molecular flexibility index (Phi) is 5.58. The van der Waals surface area contributed by atoms with Crippen molar-refractivity contribution in [2.24, 2.45) is 5.73 Å². The van der Waals surface area contributed by atoms with Gasteiger partial charge < -0.3 is 11.1 Å². The molecule has 1 rings (SSSR count). The van der Waals surface area contributed by atoms with Crippen LogP contribution in [0, 0.1) is 5.82 Å². The highest BCUT2D eigenvalue weighted by molar-refractivity contribution is 9.10. The van der Waals surface area contributed by atoms with E-state index in [1.807, 2.05) is 6.92 Å². The number of halogens is 2. The zero-order chi connectivity index (χ0) is 12.8. The van der Waals surface area contributed by atoms with Crippen LogP contribution >= 0.6 is 15.9 Å². The van der Waals surface area contributed by atoms with Gasteiger partial charge in [0, 0.05) is 29.0 Å². The second kappa shape index (κ2) is 6.71. The fraction of sp³-hybridized carbons (Fsp3) is 0.417. The van der Waals surface area contributed by atoms with Gasteiger partial charge in [0.05, 0.1) is 0 Å². The molecule has 1 amide bonds. The first-order valence-corrected chi connectivity index (χ1v) is 6.28. The molecule has 0 bridgehead atoms. The number of hydrogen-bond donors (Lipinski definition) is 2. The van der Waals surface area contributed by atoms with Crippen LogP contribution in [0.2, 0.25) is 0 Å². The average Bonchev–Trinajstić information content (AvgIpc) is 2.30. The lowest BCUT2D eigenvalue weighted by atomic mass is 10.1. The molecule has 0 spiro atoms. The molecule has 0 aliphatic rings. The Bertz CT molecular complexity index is 398. The summed E-state index contributed by atoms with van der Waals surface area (Å²) in [6.45, 7) is 2.10. The van der Waals surface area contributed by atoms with Gasteiger partial charge in [0.1, 0.15) is 5.82 Å². The van der Waals surface area contributed by atoms with Crippen molar-refractivity contribution < 1.29 is 9.18 Å². The lowest BCUT2D eigenvalue weighted by Crippen LogP contribution is -2.31. The third kappa shape index (κ3) is 4.83. The highest BCUT2D eigenvalue weighted by Gasteiger charge is 2.08. The predicted octanol–water partition coefficient (Wildman–Crippen LogP) is 2.33. The SMILES string of the molecule is CCC(N)CC(=O)NCc1cc(Br)ccc1F. The number of carbonyl (C=O) groups is 1. The maximum atomic E-state index is 13.4. The second-order valence-electron chi connectivity index (χ2n) is 3.88. The van der Waals surface area contributed by atoms with Crippen molar-refractivity contribution in [3.05, 3.63) is 34.1 Å². The molecule has 3 nitrogen and oxygen atoms in total. The minimum absolute atomic E-state index is 0.137. The van der Waals surface area contributed by atoms with Gasteiger partial charge in [-0.3, -0.25) is 4.79 Å². The zero-order valence-corrected chi connectivity index (χ0v) is 11.3.